The molecule has 1 aliphatic heterocycles. The highest BCUT2D eigenvalue weighted by Crippen LogP contribution is 2.38. The number of para-hydroxylation sites is 1. The van der Waals surface area contributed by atoms with E-state index in [0.29, 0.717) is 0 Å². The largest absolute Gasteiger partial charge is 0.449 e. The van der Waals surface area contributed by atoms with Crippen molar-refractivity contribution >= 4 is 51.7 Å². The predicted molar refractivity (Wildman–Crippen MR) is 102 cm³/mol. The van der Waals surface area contributed by atoms with Crippen molar-refractivity contribution in [3.63, 3.8) is 0 Å². The molecule has 0 spiro atoms. The number of nitrogens with one attached hydrogen (secondary N) is 3. The van der Waals surface area contributed by atoms with E-state index in [1.807, 2.05) is 29.6 Å². The van der Waals surface area contributed by atoms with Crippen LogP contribution in [-0.4, -0.2) is 36.1 Å². The number of carbonyl (C=O) groups excluding carboxylic acids is 3. The lowest BCUT2D eigenvalue weighted by molar-refractivity contribution is -0.141. The van der Waals surface area contributed by atoms with Gasteiger partial charge in [0.15, 0.2) is 5.37 Å². The van der Waals surface area contributed by atoms with Crippen LogP contribution in [0.3, 0.4) is 0 Å². The second kappa shape index (κ2) is 8.74. The summed E-state index contributed by atoms with van der Waals surface area (Å²) < 4.78 is 40.5. The van der Waals surface area contributed by atoms with Crippen LogP contribution in [0, 0.1) is 0 Å². The van der Waals surface area contributed by atoms with Gasteiger partial charge in [-0.15, -0.1) is 11.3 Å². The van der Waals surface area contributed by atoms with Crippen molar-refractivity contribution in [2.45, 2.75) is 22.9 Å². The van der Waals surface area contributed by atoms with E-state index in [2.05, 4.69) is 15.4 Å². The standard InChI is InChI=1S/C17H14F3N3O4S2/c18-17(19,20)6-7-27-16(26)23-12(24)9-5-8-28-14(9)22-13(25)15-21-10-3-1-2-4-11(10)29-15/h1-5,8,15,21H,6-7H2,(H,22,25)(H,23,24,26). The van der Waals surface area contributed by atoms with Crippen molar-refractivity contribution in [1.82, 2.24) is 5.32 Å². The number of hydrogen-bond acceptors (Lipinski definition) is 7. The molecule has 1 aromatic heterocycles. The minimum Gasteiger partial charge on any atom is -0.449 e. The van der Waals surface area contributed by atoms with Gasteiger partial charge in [0, 0.05) is 10.6 Å². The Kier molecular flexibility index (Phi) is 6.33. The number of ether oxygens (including phenoxy) is 1. The number of thiophene rings is 1. The van der Waals surface area contributed by atoms with Gasteiger partial charge in [-0.1, -0.05) is 23.9 Å². The topological polar surface area (TPSA) is 96.5 Å². The third kappa shape index (κ3) is 5.64. The number of benzene rings is 1. The van der Waals surface area contributed by atoms with Crippen LogP contribution in [0.2, 0.25) is 0 Å². The lowest BCUT2D eigenvalue weighted by Gasteiger charge is -2.12. The maximum Gasteiger partial charge on any atom is 0.414 e. The molecule has 0 bridgehead atoms. The maximum absolute atomic E-state index is 12.5. The predicted octanol–water partition coefficient (Wildman–Crippen LogP) is 4.05. The summed E-state index contributed by atoms with van der Waals surface area (Å²) in [5.74, 6) is -1.29. The lowest BCUT2D eigenvalue weighted by Crippen LogP contribution is -2.33. The number of alkyl carbamates (subject to hydrolysis) is 1. The van der Waals surface area contributed by atoms with E-state index in [9.17, 15) is 27.6 Å². The Balaban J connectivity index is 1.54. The quantitative estimate of drug-likeness (QED) is 0.643. The van der Waals surface area contributed by atoms with E-state index in [4.69, 9.17) is 0 Å². The number of fused-ring (bicyclic) bond motifs is 1. The zero-order valence-electron chi connectivity index (χ0n) is 14.5. The van der Waals surface area contributed by atoms with Crippen LogP contribution in [0.5, 0.6) is 0 Å². The number of imide groups is 1. The van der Waals surface area contributed by atoms with Crippen molar-refractivity contribution in [3.05, 3.63) is 41.3 Å². The Morgan fingerprint density at radius 3 is 2.66 bits per heavy atom. The average Bonchev–Trinajstić information content (AvgIpc) is 3.26. The molecule has 0 aliphatic carbocycles. The molecule has 0 radical (unpaired) electrons. The number of anilines is 2. The van der Waals surface area contributed by atoms with Gasteiger partial charge in [0.25, 0.3) is 11.8 Å². The van der Waals surface area contributed by atoms with Gasteiger partial charge in [0.05, 0.1) is 12.0 Å². The summed E-state index contributed by atoms with van der Waals surface area (Å²) in [4.78, 5) is 37.1. The summed E-state index contributed by atoms with van der Waals surface area (Å²) in [6.07, 6.45) is -7.09. The molecule has 2 aromatic rings. The number of rotatable bonds is 5. The Labute approximate surface area is 171 Å². The third-order valence-corrected chi connectivity index (χ3v) is 5.64. The smallest absolute Gasteiger partial charge is 0.414 e. The molecule has 3 N–H and O–H groups in total. The molecule has 1 unspecified atom stereocenters. The lowest BCUT2D eigenvalue weighted by atomic mass is 10.3. The Hall–Kier alpha value is -2.73. The average molecular weight is 445 g/mol. The molecular weight excluding hydrogens is 431 g/mol. The molecule has 2 heterocycles. The van der Waals surface area contributed by atoms with Crippen LogP contribution in [0.1, 0.15) is 16.8 Å². The summed E-state index contributed by atoms with van der Waals surface area (Å²) >= 11 is 2.38. The fourth-order valence-electron chi connectivity index (χ4n) is 2.32. The van der Waals surface area contributed by atoms with E-state index in [1.54, 1.807) is 0 Å². The molecule has 1 atom stereocenters. The van der Waals surface area contributed by atoms with Gasteiger partial charge in [0.2, 0.25) is 0 Å². The molecule has 1 aromatic carbocycles. The van der Waals surface area contributed by atoms with Crippen LogP contribution in [0.4, 0.5) is 28.7 Å². The Morgan fingerprint density at radius 1 is 1.17 bits per heavy atom. The first-order valence-corrected chi connectivity index (χ1v) is 9.94. The van der Waals surface area contributed by atoms with E-state index >= 15 is 0 Å². The number of hydrogen-bond donors (Lipinski definition) is 3. The Bertz CT molecular complexity index is 908. The number of carbonyl (C=O) groups is 3. The van der Waals surface area contributed by atoms with Gasteiger partial charge >= 0.3 is 12.3 Å². The molecular formula is C17H14F3N3O4S2. The highest BCUT2D eigenvalue weighted by atomic mass is 32.2. The summed E-state index contributed by atoms with van der Waals surface area (Å²) in [5.41, 5.74) is 0.819. The van der Waals surface area contributed by atoms with E-state index < -0.39 is 42.5 Å². The number of amides is 3. The minimum absolute atomic E-state index is 0.00312. The summed E-state index contributed by atoms with van der Waals surface area (Å²) in [5, 5.41) is 8.64. The molecule has 0 saturated carbocycles. The van der Waals surface area contributed by atoms with Crippen LogP contribution in [0.25, 0.3) is 0 Å². The first kappa shape index (κ1) is 21.0. The highest BCUT2D eigenvalue weighted by Gasteiger charge is 2.29. The fourth-order valence-corrected chi connectivity index (χ4v) is 4.13. The van der Waals surface area contributed by atoms with Gasteiger partial charge in [-0.3, -0.25) is 14.9 Å². The molecule has 12 heteroatoms. The number of alkyl halides is 3. The molecule has 1 aliphatic rings. The fraction of sp³-hybridized carbons (Fsp3) is 0.235. The zero-order valence-corrected chi connectivity index (χ0v) is 16.2. The number of halogens is 3. The minimum atomic E-state index is -4.47. The highest BCUT2D eigenvalue weighted by molar-refractivity contribution is 8.01. The van der Waals surface area contributed by atoms with Gasteiger partial charge in [-0.25, -0.2) is 4.79 Å². The number of thioether (sulfide) groups is 1. The second-order valence-electron chi connectivity index (χ2n) is 5.75. The summed E-state index contributed by atoms with van der Waals surface area (Å²) in [7, 11) is 0. The van der Waals surface area contributed by atoms with E-state index in [0.717, 1.165) is 21.9 Å². The molecule has 3 amide bonds. The first-order valence-electron chi connectivity index (χ1n) is 8.18. The van der Waals surface area contributed by atoms with Crippen LogP contribution < -0.4 is 16.0 Å². The summed E-state index contributed by atoms with van der Waals surface area (Å²) in [6, 6.07) is 8.77. The van der Waals surface area contributed by atoms with Crippen molar-refractivity contribution < 1.29 is 32.3 Å². The monoisotopic (exact) mass is 445 g/mol. The van der Waals surface area contributed by atoms with Crippen LogP contribution in [-0.2, 0) is 9.53 Å². The van der Waals surface area contributed by atoms with Crippen molar-refractivity contribution in [2.75, 3.05) is 17.2 Å². The van der Waals surface area contributed by atoms with Crippen molar-refractivity contribution in [3.8, 4) is 0 Å². The molecule has 154 valence electrons. The molecule has 7 nitrogen and oxygen atoms in total. The molecule has 29 heavy (non-hydrogen) atoms. The van der Waals surface area contributed by atoms with Crippen LogP contribution in [0.15, 0.2) is 40.6 Å². The van der Waals surface area contributed by atoms with Crippen LogP contribution >= 0.6 is 23.1 Å². The van der Waals surface area contributed by atoms with Gasteiger partial charge < -0.3 is 15.4 Å². The Morgan fingerprint density at radius 2 is 1.93 bits per heavy atom. The zero-order chi connectivity index (χ0) is 21.0. The van der Waals surface area contributed by atoms with Gasteiger partial charge in [0.1, 0.15) is 11.6 Å². The van der Waals surface area contributed by atoms with Crippen molar-refractivity contribution in [1.29, 1.82) is 0 Å². The second-order valence-corrected chi connectivity index (χ2v) is 7.81. The van der Waals surface area contributed by atoms with Gasteiger partial charge in [-0.2, -0.15) is 13.2 Å². The maximum atomic E-state index is 12.5. The molecule has 0 fully saturated rings. The van der Waals surface area contributed by atoms with E-state index in [1.165, 1.54) is 23.2 Å². The third-order valence-electron chi connectivity index (χ3n) is 3.64. The van der Waals surface area contributed by atoms with Crippen molar-refractivity contribution in [2.24, 2.45) is 0 Å². The summed E-state index contributed by atoms with van der Waals surface area (Å²) in [6.45, 7) is -0.902. The molecule has 3 rings (SSSR count). The van der Waals surface area contributed by atoms with E-state index in [-0.39, 0.29) is 10.6 Å². The first-order chi connectivity index (χ1) is 13.7. The normalized spacial score (nSPS) is 15.2. The van der Waals surface area contributed by atoms with Gasteiger partial charge in [-0.05, 0) is 23.6 Å². The molecule has 0 saturated heterocycles. The SMILES string of the molecule is O=C(NC(=O)c1ccsc1NC(=O)C1Nc2ccccc2S1)OCCC(F)(F)F.